The fourth-order valence-electron chi connectivity index (χ4n) is 3.86. The molecule has 8 heteroatoms. The molecule has 1 saturated heterocycles. The molecule has 0 spiro atoms. The van der Waals surface area contributed by atoms with Crippen molar-refractivity contribution in [2.75, 3.05) is 18.0 Å². The summed E-state index contributed by atoms with van der Waals surface area (Å²) in [5.41, 5.74) is 1.83. The van der Waals surface area contributed by atoms with E-state index in [4.69, 9.17) is 0 Å². The van der Waals surface area contributed by atoms with Gasteiger partial charge >= 0.3 is 0 Å². The summed E-state index contributed by atoms with van der Waals surface area (Å²) in [4.78, 5) is 19.1. The molecule has 1 saturated carbocycles. The molecule has 5 rings (SSSR count). The minimum atomic E-state index is 0.0875. The fourth-order valence-corrected chi connectivity index (χ4v) is 3.86. The number of anilines is 1. The molecule has 8 nitrogen and oxygen atoms in total. The van der Waals surface area contributed by atoms with Crippen molar-refractivity contribution >= 4 is 11.5 Å². The molecule has 4 heterocycles. The largest absolute Gasteiger partial charge is 0.355 e. The second kappa shape index (κ2) is 6.44. The van der Waals surface area contributed by atoms with Gasteiger partial charge in [0.1, 0.15) is 5.82 Å². The summed E-state index contributed by atoms with van der Waals surface area (Å²) in [6.07, 6.45) is 6.16. The summed E-state index contributed by atoms with van der Waals surface area (Å²) in [7, 11) is 0. The lowest BCUT2D eigenvalue weighted by Gasteiger charge is -2.32. The third-order valence-electron chi connectivity index (χ3n) is 5.69. The average molecular weight is 365 g/mol. The van der Waals surface area contributed by atoms with Crippen molar-refractivity contribution in [3.05, 3.63) is 46.4 Å². The van der Waals surface area contributed by atoms with Crippen molar-refractivity contribution in [3.8, 4) is 0 Å². The molecule has 2 aliphatic rings. The summed E-state index contributed by atoms with van der Waals surface area (Å²) >= 11 is 0. The zero-order chi connectivity index (χ0) is 18.4. The van der Waals surface area contributed by atoms with Crippen LogP contribution >= 0.6 is 0 Å². The van der Waals surface area contributed by atoms with Crippen LogP contribution in [0.3, 0.4) is 0 Å². The predicted octanol–water partition coefficient (Wildman–Crippen LogP) is 1.78. The van der Waals surface area contributed by atoms with Gasteiger partial charge in [-0.1, -0.05) is 0 Å². The highest BCUT2D eigenvalue weighted by Crippen LogP contribution is 2.38. The number of hydrogen-bond donors (Lipinski definition) is 0. The zero-order valence-electron chi connectivity index (χ0n) is 15.5. The van der Waals surface area contributed by atoms with Crippen LogP contribution in [0.2, 0.25) is 0 Å². The standard InChI is InChI=1S/C19H23N7O/c1-13-21-22-17-4-5-18(23-26(13)17)24-8-6-14(7-9-24)11-25-12-20-16(10-19(25)27)15-2-3-15/h4-5,10,12,14-15H,2-3,6-9,11H2,1H3. The molecule has 0 N–H and O–H groups in total. The number of fused-ring (bicyclic) bond motifs is 1. The highest BCUT2D eigenvalue weighted by atomic mass is 16.1. The number of piperidine rings is 1. The normalized spacial score (nSPS) is 18.3. The van der Waals surface area contributed by atoms with Gasteiger partial charge in [-0.2, -0.15) is 4.52 Å². The Balaban J connectivity index is 1.24. The number of aromatic nitrogens is 6. The van der Waals surface area contributed by atoms with Crippen molar-refractivity contribution in [1.29, 1.82) is 0 Å². The van der Waals surface area contributed by atoms with E-state index in [0.29, 0.717) is 11.8 Å². The van der Waals surface area contributed by atoms with Gasteiger partial charge in [0.05, 0.1) is 12.0 Å². The Kier molecular flexibility index (Phi) is 3.91. The van der Waals surface area contributed by atoms with E-state index in [0.717, 1.165) is 55.5 Å². The summed E-state index contributed by atoms with van der Waals surface area (Å²) in [6, 6.07) is 5.70. The van der Waals surface area contributed by atoms with Gasteiger partial charge < -0.3 is 4.90 Å². The van der Waals surface area contributed by atoms with Crippen LogP contribution < -0.4 is 10.5 Å². The molecule has 0 amide bonds. The van der Waals surface area contributed by atoms with Gasteiger partial charge in [0.25, 0.3) is 5.56 Å². The first-order valence-corrected chi connectivity index (χ1v) is 9.68. The lowest BCUT2D eigenvalue weighted by atomic mass is 9.96. The maximum absolute atomic E-state index is 12.4. The summed E-state index contributed by atoms with van der Waals surface area (Å²) in [5.74, 6) is 2.77. The van der Waals surface area contributed by atoms with E-state index in [2.05, 4.69) is 25.2 Å². The lowest BCUT2D eigenvalue weighted by molar-refractivity contribution is 0.349. The summed E-state index contributed by atoms with van der Waals surface area (Å²) in [6.45, 7) is 4.53. The van der Waals surface area contributed by atoms with E-state index in [1.54, 1.807) is 21.5 Å². The van der Waals surface area contributed by atoms with E-state index in [9.17, 15) is 4.79 Å². The Hall–Kier alpha value is -2.77. The molecule has 0 aromatic carbocycles. The third kappa shape index (κ3) is 3.20. The number of rotatable bonds is 4. The Labute approximate surface area is 156 Å². The highest BCUT2D eigenvalue weighted by Gasteiger charge is 2.26. The van der Waals surface area contributed by atoms with Gasteiger partial charge in [-0.25, -0.2) is 4.98 Å². The first-order chi connectivity index (χ1) is 13.2. The summed E-state index contributed by atoms with van der Waals surface area (Å²) < 4.78 is 3.56. The van der Waals surface area contributed by atoms with E-state index in [-0.39, 0.29) is 5.56 Å². The van der Waals surface area contributed by atoms with E-state index < -0.39 is 0 Å². The molecule has 140 valence electrons. The molecule has 3 aromatic heterocycles. The van der Waals surface area contributed by atoms with Crippen molar-refractivity contribution in [2.45, 2.75) is 45.1 Å². The van der Waals surface area contributed by atoms with Gasteiger partial charge in [0.2, 0.25) is 0 Å². The average Bonchev–Trinajstić information content (AvgIpc) is 3.48. The van der Waals surface area contributed by atoms with Crippen molar-refractivity contribution < 1.29 is 0 Å². The van der Waals surface area contributed by atoms with Crippen LogP contribution in [0.15, 0.2) is 29.3 Å². The van der Waals surface area contributed by atoms with Crippen molar-refractivity contribution in [3.63, 3.8) is 0 Å². The predicted molar refractivity (Wildman–Crippen MR) is 101 cm³/mol. The maximum Gasteiger partial charge on any atom is 0.253 e. The van der Waals surface area contributed by atoms with Crippen LogP contribution in [-0.2, 0) is 6.54 Å². The van der Waals surface area contributed by atoms with Crippen LogP contribution in [0.1, 0.15) is 43.1 Å². The molecule has 0 unspecified atom stereocenters. The Morgan fingerprint density at radius 3 is 2.67 bits per heavy atom. The molecule has 0 bridgehead atoms. The molecule has 3 aromatic rings. The highest BCUT2D eigenvalue weighted by molar-refractivity contribution is 5.45. The monoisotopic (exact) mass is 365 g/mol. The summed E-state index contributed by atoms with van der Waals surface area (Å²) in [5, 5.41) is 12.8. The Morgan fingerprint density at radius 1 is 1.11 bits per heavy atom. The van der Waals surface area contributed by atoms with Gasteiger partial charge in [0.15, 0.2) is 11.5 Å². The van der Waals surface area contributed by atoms with E-state index in [1.165, 1.54) is 12.8 Å². The first-order valence-electron chi connectivity index (χ1n) is 9.68. The van der Waals surface area contributed by atoms with Crippen LogP contribution in [0, 0.1) is 12.8 Å². The minimum Gasteiger partial charge on any atom is -0.355 e. The maximum atomic E-state index is 12.4. The zero-order valence-corrected chi connectivity index (χ0v) is 15.5. The molecule has 0 atom stereocenters. The van der Waals surface area contributed by atoms with E-state index >= 15 is 0 Å². The van der Waals surface area contributed by atoms with Crippen LogP contribution in [0.5, 0.6) is 0 Å². The smallest absolute Gasteiger partial charge is 0.253 e. The number of hydrogen-bond acceptors (Lipinski definition) is 6. The molecule has 27 heavy (non-hydrogen) atoms. The van der Waals surface area contributed by atoms with Gasteiger partial charge in [0, 0.05) is 31.6 Å². The molecule has 0 radical (unpaired) electrons. The molecule has 1 aliphatic carbocycles. The lowest BCUT2D eigenvalue weighted by Crippen LogP contribution is -2.37. The Morgan fingerprint density at radius 2 is 1.93 bits per heavy atom. The number of nitrogens with zero attached hydrogens (tertiary/aromatic N) is 7. The van der Waals surface area contributed by atoms with Gasteiger partial charge in [-0.15, -0.1) is 15.3 Å². The van der Waals surface area contributed by atoms with Gasteiger partial charge in [-0.05, 0) is 50.7 Å². The van der Waals surface area contributed by atoms with Crippen LogP contribution in [0.25, 0.3) is 5.65 Å². The van der Waals surface area contributed by atoms with Crippen LogP contribution in [0.4, 0.5) is 5.82 Å². The molecular weight excluding hydrogens is 342 g/mol. The molecular formula is C19H23N7O. The Bertz CT molecular complexity index is 1030. The second-order valence-electron chi connectivity index (χ2n) is 7.72. The van der Waals surface area contributed by atoms with Crippen molar-refractivity contribution in [2.24, 2.45) is 5.92 Å². The van der Waals surface area contributed by atoms with Crippen LogP contribution in [-0.4, -0.2) is 42.5 Å². The topological polar surface area (TPSA) is 81.2 Å². The third-order valence-corrected chi connectivity index (χ3v) is 5.69. The fraction of sp³-hybridized carbons (Fsp3) is 0.526. The molecule has 1 aliphatic heterocycles. The number of aryl methyl sites for hydroxylation is 1. The van der Waals surface area contributed by atoms with Crippen molar-refractivity contribution in [1.82, 2.24) is 29.4 Å². The van der Waals surface area contributed by atoms with Gasteiger partial charge in [-0.3, -0.25) is 9.36 Å². The minimum absolute atomic E-state index is 0.0875. The second-order valence-corrected chi connectivity index (χ2v) is 7.72. The quantitative estimate of drug-likeness (QED) is 0.701. The molecule has 2 fully saturated rings. The first kappa shape index (κ1) is 16.4. The van der Waals surface area contributed by atoms with E-state index in [1.807, 2.05) is 19.1 Å². The SMILES string of the molecule is Cc1nnc2ccc(N3CCC(Cn4cnc(C5CC5)cc4=O)CC3)nn12.